The molecular formula is C31H50O3. The fourth-order valence-corrected chi connectivity index (χ4v) is 4.00. The summed E-state index contributed by atoms with van der Waals surface area (Å²) in [5.41, 5.74) is 1.59. The van der Waals surface area contributed by atoms with Crippen molar-refractivity contribution in [2.75, 3.05) is 13.7 Å². The second kappa shape index (κ2) is 20.1. The molecule has 0 atom stereocenters. The number of aryl methyl sites for hydroxylation is 1. The molecule has 1 aliphatic carbocycles. The van der Waals surface area contributed by atoms with Crippen LogP contribution in [0.3, 0.4) is 0 Å². The molecule has 0 saturated heterocycles. The number of esters is 1. The fourth-order valence-electron chi connectivity index (χ4n) is 4.00. The lowest BCUT2D eigenvalue weighted by atomic mass is 9.90. The lowest BCUT2D eigenvalue weighted by molar-refractivity contribution is 0.0595. The number of ether oxygens (including phenoxy) is 2. The van der Waals surface area contributed by atoms with Gasteiger partial charge in [-0.2, -0.15) is 0 Å². The molecule has 3 rings (SSSR count). The van der Waals surface area contributed by atoms with Gasteiger partial charge in [0.1, 0.15) is 11.3 Å². The Morgan fingerprint density at radius 2 is 1.56 bits per heavy atom. The molecule has 0 unspecified atom stereocenters. The van der Waals surface area contributed by atoms with Crippen LogP contribution in [0.2, 0.25) is 0 Å². The summed E-state index contributed by atoms with van der Waals surface area (Å²) in [5.74, 6) is 0.926. The van der Waals surface area contributed by atoms with Crippen molar-refractivity contribution in [1.82, 2.24) is 0 Å². The molecule has 0 radical (unpaired) electrons. The van der Waals surface area contributed by atoms with E-state index in [1.807, 2.05) is 52.0 Å². The maximum atomic E-state index is 12.2. The van der Waals surface area contributed by atoms with Crippen molar-refractivity contribution in [1.29, 1.82) is 0 Å². The molecular weight excluding hydrogens is 420 g/mol. The molecule has 2 aromatic rings. The highest BCUT2D eigenvalue weighted by Gasteiger charge is 2.20. The standard InChI is InChI=1S/C20H24O3.C6H14.C3H6.C2H6/c1-14-12-18(20(21)22-2)19(17-11-7-6-10-16(14)17)23-13-15-8-4-3-5-9-15;1-3-5-6-4-2;1-3-2;1-2/h6-7,10-12,15H,3-5,8-9,13H2,1-2H3;3-6H2,1-2H3;3H,1H2,2H3;1-2H3. The number of carbonyl (C=O) groups excluding carboxylic acids is 1. The predicted molar refractivity (Wildman–Crippen MR) is 149 cm³/mol. The number of allylic oxidation sites excluding steroid dienone is 1. The van der Waals surface area contributed by atoms with Gasteiger partial charge in [0.2, 0.25) is 0 Å². The summed E-state index contributed by atoms with van der Waals surface area (Å²) in [6.45, 7) is 16.4. The number of hydrogen-bond donors (Lipinski definition) is 0. The monoisotopic (exact) mass is 470 g/mol. The van der Waals surface area contributed by atoms with E-state index in [2.05, 4.69) is 26.5 Å². The predicted octanol–water partition coefficient (Wildman–Crippen LogP) is 9.70. The Morgan fingerprint density at radius 1 is 1.03 bits per heavy atom. The quantitative estimate of drug-likeness (QED) is 0.229. The van der Waals surface area contributed by atoms with E-state index in [-0.39, 0.29) is 5.97 Å². The summed E-state index contributed by atoms with van der Waals surface area (Å²) in [4.78, 5) is 12.2. The number of methoxy groups -OCH3 is 1. The van der Waals surface area contributed by atoms with E-state index in [9.17, 15) is 4.79 Å². The largest absolute Gasteiger partial charge is 0.492 e. The summed E-state index contributed by atoms with van der Waals surface area (Å²) in [6.07, 6.45) is 13.6. The van der Waals surface area contributed by atoms with Crippen LogP contribution in [0.5, 0.6) is 5.75 Å². The van der Waals surface area contributed by atoms with Crippen LogP contribution in [0, 0.1) is 12.8 Å². The van der Waals surface area contributed by atoms with Crippen molar-refractivity contribution in [2.45, 2.75) is 99.3 Å². The number of rotatable bonds is 7. The van der Waals surface area contributed by atoms with Crippen LogP contribution in [-0.4, -0.2) is 19.7 Å². The van der Waals surface area contributed by atoms with Crippen LogP contribution in [0.25, 0.3) is 10.8 Å². The number of hydrogen-bond acceptors (Lipinski definition) is 3. The highest BCUT2D eigenvalue weighted by molar-refractivity contribution is 6.02. The molecule has 2 aromatic carbocycles. The summed E-state index contributed by atoms with van der Waals surface area (Å²) in [6, 6.07) is 9.96. The third kappa shape index (κ3) is 11.2. The molecule has 0 amide bonds. The van der Waals surface area contributed by atoms with Gasteiger partial charge >= 0.3 is 5.97 Å². The van der Waals surface area contributed by atoms with Gasteiger partial charge < -0.3 is 9.47 Å². The van der Waals surface area contributed by atoms with Crippen LogP contribution in [0.4, 0.5) is 0 Å². The molecule has 192 valence electrons. The van der Waals surface area contributed by atoms with Gasteiger partial charge in [0.05, 0.1) is 13.7 Å². The first kappa shape index (κ1) is 31.7. The molecule has 0 heterocycles. The molecule has 1 saturated carbocycles. The van der Waals surface area contributed by atoms with Gasteiger partial charge in [0.25, 0.3) is 0 Å². The Labute approximate surface area is 209 Å². The topological polar surface area (TPSA) is 35.5 Å². The Balaban J connectivity index is 0.000000841. The molecule has 1 fully saturated rings. The van der Waals surface area contributed by atoms with Gasteiger partial charge in [0, 0.05) is 5.39 Å². The minimum absolute atomic E-state index is 0.336. The summed E-state index contributed by atoms with van der Waals surface area (Å²) < 4.78 is 11.1. The first-order valence-corrected chi connectivity index (χ1v) is 13.3. The zero-order valence-electron chi connectivity index (χ0n) is 23.0. The first-order valence-electron chi connectivity index (χ1n) is 13.3. The SMILES string of the molecule is C=CC.CC.CCCCCC.COC(=O)c1cc(C)c2ccccc2c1OCC1CCCCC1. The summed E-state index contributed by atoms with van der Waals surface area (Å²) in [7, 11) is 1.41. The number of carbonyl (C=O) groups is 1. The van der Waals surface area contributed by atoms with Crippen LogP contribution in [0.1, 0.15) is 108 Å². The van der Waals surface area contributed by atoms with E-state index in [1.165, 1.54) is 64.9 Å². The number of benzene rings is 2. The maximum absolute atomic E-state index is 12.2. The third-order valence-electron chi connectivity index (χ3n) is 5.75. The van der Waals surface area contributed by atoms with Gasteiger partial charge in [0.15, 0.2) is 0 Å². The number of unbranched alkanes of at least 4 members (excludes halogenated alkanes) is 3. The summed E-state index contributed by atoms with van der Waals surface area (Å²) >= 11 is 0. The van der Waals surface area contributed by atoms with Crippen molar-refractivity contribution in [3.63, 3.8) is 0 Å². The second-order valence-electron chi connectivity index (χ2n) is 8.54. The molecule has 0 spiro atoms. The average molecular weight is 471 g/mol. The van der Waals surface area contributed by atoms with E-state index < -0.39 is 0 Å². The van der Waals surface area contributed by atoms with Crippen molar-refractivity contribution in [2.24, 2.45) is 5.92 Å². The van der Waals surface area contributed by atoms with Crippen molar-refractivity contribution in [3.8, 4) is 5.75 Å². The maximum Gasteiger partial charge on any atom is 0.341 e. The van der Waals surface area contributed by atoms with Crippen molar-refractivity contribution in [3.05, 3.63) is 54.1 Å². The average Bonchev–Trinajstić information content (AvgIpc) is 2.89. The molecule has 3 heteroatoms. The second-order valence-corrected chi connectivity index (χ2v) is 8.54. The third-order valence-corrected chi connectivity index (χ3v) is 5.75. The molecule has 1 aliphatic rings. The van der Waals surface area contributed by atoms with Crippen molar-refractivity contribution >= 4 is 16.7 Å². The van der Waals surface area contributed by atoms with Crippen LogP contribution < -0.4 is 4.74 Å². The molecule has 0 N–H and O–H groups in total. The van der Waals surface area contributed by atoms with E-state index in [4.69, 9.17) is 9.47 Å². The smallest absolute Gasteiger partial charge is 0.341 e. The highest BCUT2D eigenvalue weighted by Crippen LogP contribution is 2.34. The van der Waals surface area contributed by atoms with Gasteiger partial charge in [-0.3, -0.25) is 0 Å². The van der Waals surface area contributed by atoms with E-state index >= 15 is 0 Å². The molecule has 0 bridgehead atoms. The van der Waals surface area contributed by atoms with Crippen molar-refractivity contribution < 1.29 is 14.3 Å². The molecule has 34 heavy (non-hydrogen) atoms. The fraction of sp³-hybridized carbons (Fsp3) is 0.581. The van der Waals surface area contributed by atoms with Gasteiger partial charge in [-0.15, -0.1) is 6.58 Å². The zero-order valence-corrected chi connectivity index (χ0v) is 23.0. The zero-order chi connectivity index (χ0) is 25.8. The van der Waals surface area contributed by atoms with Crippen LogP contribution >= 0.6 is 0 Å². The van der Waals surface area contributed by atoms with Gasteiger partial charge in [-0.1, -0.05) is 103 Å². The minimum Gasteiger partial charge on any atom is -0.492 e. The lowest BCUT2D eigenvalue weighted by Gasteiger charge is -2.23. The van der Waals surface area contributed by atoms with Gasteiger partial charge in [-0.25, -0.2) is 4.79 Å². The Morgan fingerprint density at radius 3 is 2.06 bits per heavy atom. The number of fused-ring (bicyclic) bond motifs is 1. The van der Waals surface area contributed by atoms with E-state index in [0.717, 1.165) is 16.3 Å². The molecule has 3 nitrogen and oxygen atoms in total. The van der Waals surface area contributed by atoms with Gasteiger partial charge in [-0.05, 0) is 49.6 Å². The normalized spacial score (nSPS) is 12.7. The summed E-state index contributed by atoms with van der Waals surface area (Å²) in [5, 5.41) is 2.11. The molecule has 0 aromatic heterocycles. The first-order chi connectivity index (χ1) is 16.5. The Hall–Kier alpha value is -2.29. The van der Waals surface area contributed by atoms with E-state index in [1.54, 1.807) is 6.08 Å². The van der Waals surface area contributed by atoms with Crippen LogP contribution in [-0.2, 0) is 4.74 Å². The van der Waals surface area contributed by atoms with E-state index in [0.29, 0.717) is 23.8 Å². The highest BCUT2D eigenvalue weighted by atomic mass is 16.5. The molecule has 0 aliphatic heterocycles. The Bertz CT molecular complexity index is 800. The van der Waals surface area contributed by atoms with Crippen LogP contribution in [0.15, 0.2) is 43.0 Å². The lowest BCUT2D eigenvalue weighted by Crippen LogP contribution is -2.17. The minimum atomic E-state index is -0.336. The Kier molecular flexibility index (Phi) is 18.8.